The molecule has 0 aliphatic heterocycles. The number of rotatable bonds is 6. The number of thiol groups is 1. The van der Waals surface area contributed by atoms with Crippen molar-refractivity contribution in [1.82, 2.24) is 0 Å². The van der Waals surface area contributed by atoms with E-state index >= 15 is 0 Å². The Labute approximate surface area is 77.1 Å². The molecule has 68 valence electrons. The molecule has 0 unspecified atom stereocenters. The van der Waals surface area contributed by atoms with E-state index in [4.69, 9.17) is 4.43 Å². The lowest BCUT2D eigenvalue weighted by molar-refractivity contribution is 0.325. The zero-order valence-corrected chi connectivity index (χ0v) is 9.79. The van der Waals surface area contributed by atoms with E-state index in [9.17, 15) is 0 Å². The third-order valence-corrected chi connectivity index (χ3v) is 7.30. The maximum Gasteiger partial charge on any atom is 0.192 e. The van der Waals surface area contributed by atoms with Crippen molar-refractivity contribution >= 4 is 20.9 Å². The normalized spacial score (nSPS) is 12.0. The van der Waals surface area contributed by atoms with Crippen LogP contribution < -0.4 is 0 Å². The molecule has 0 amide bonds. The van der Waals surface area contributed by atoms with Gasteiger partial charge in [-0.15, -0.1) is 0 Å². The Bertz CT molecular complexity index is 85.8. The van der Waals surface area contributed by atoms with Crippen molar-refractivity contribution in [3.05, 3.63) is 0 Å². The Morgan fingerprint density at radius 1 is 1.09 bits per heavy atom. The van der Waals surface area contributed by atoms with E-state index in [0.717, 1.165) is 12.4 Å². The van der Waals surface area contributed by atoms with Gasteiger partial charge in [0, 0.05) is 12.4 Å². The molecule has 0 aliphatic carbocycles. The summed E-state index contributed by atoms with van der Waals surface area (Å²) in [7, 11) is -1.29. The van der Waals surface area contributed by atoms with E-state index in [1.165, 1.54) is 18.1 Å². The van der Waals surface area contributed by atoms with Gasteiger partial charge in [0.1, 0.15) is 0 Å². The molecule has 11 heavy (non-hydrogen) atoms. The summed E-state index contributed by atoms with van der Waals surface area (Å²) in [6.07, 6.45) is 0. The molecule has 0 saturated carbocycles. The molecule has 3 heteroatoms. The largest absolute Gasteiger partial charge is 0.416 e. The highest BCUT2D eigenvalue weighted by atomic mass is 32.1. The maximum atomic E-state index is 5.89. The molecule has 0 spiro atoms. The highest BCUT2D eigenvalue weighted by molar-refractivity contribution is 7.80. The average molecular weight is 192 g/mol. The van der Waals surface area contributed by atoms with E-state index in [-0.39, 0.29) is 0 Å². The van der Waals surface area contributed by atoms with Crippen LogP contribution in [0, 0.1) is 0 Å². The molecule has 0 aliphatic rings. The van der Waals surface area contributed by atoms with Gasteiger partial charge in [-0.3, -0.25) is 0 Å². The first-order valence-corrected chi connectivity index (χ1v) is 7.65. The standard InChI is InChI=1S/C8H20OSSi/c1-4-11(5-2,6-3)9-7-8-10/h10H,4-8H2,1-3H3. The van der Waals surface area contributed by atoms with Crippen LogP contribution in [0.2, 0.25) is 18.1 Å². The molecule has 0 aromatic carbocycles. The molecule has 0 atom stereocenters. The zero-order chi connectivity index (χ0) is 8.74. The van der Waals surface area contributed by atoms with Crippen LogP contribution in [-0.2, 0) is 4.43 Å². The second kappa shape index (κ2) is 6.09. The highest BCUT2D eigenvalue weighted by Gasteiger charge is 2.27. The zero-order valence-electron chi connectivity index (χ0n) is 7.89. The minimum Gasteiger partial charge on any atom is -0.416 e. The molecule has 0 fully saturated rings. The van der Waals surface area contributed by atoms with Gasteiger partial charge >= 0.3 is 0 Å². The van der Waals surface area contributed by atoms with Gasteiger partial charge in [-0.1, -0.05) is 20.8 Å². The van der Waals surface area contributed by atoms with Crippen LogP contribution in [0.3, 0.4) is 0 Å². The van der Waals surface area contributed by atoms with Gasteiger partial charge in [0.05, 0.1) is 0 Å². The lowest BCUT2D eigenvalue weighted by atomic mass is 10.9. The molecule has 0 heterocycles. The van der Waals surface area contributed by atoms with E-state index in [1.54, 1.807) is 0 Å². The van der Waals surface area contributed by atoms with E-state index in [0.29, 0.717) is 0 Å². The average Bonchev–Trinajstić information content (AvgIpc) is 2.08. The van der Waals surface area contributed by atoms with Gasteiger partial charge in [-0.2, -0.15) is 12.6 Å². The third-order valence-electron chi connectivity index (χ3n) is 2.43. The fourth-order valence-electron chi connectivity index (χ4n) is 1.32. The summed E-state index contributed by atoms with van der Waals surface area (Å²) < 4.78 is 5.89. The molecule has 0 radical (unpaired) electrons. The van der Waals surface area contributed by atoms with Gasteiger partial charge in [0.25, 0.3) is 0 Å². The molecule has 0 bridgehead atoms. The lowest BCUT2D eigenvalue weighted by Gasteiger charge is -2.27. The van der Waals surface area contributed by atoms with Gasteiger partial charge < -0.3 is 4.43 Å². The summed E-state index contributed by atoms with van der Waals surface area (Å²) in [6, 6.07) is 3.73. The summed E-state index contributed by atoms with van der Waals surface area (Å²) in [5.41, 5.74) is 0. The van der Waals surface area contributed by atoms with Crippen LogP contribution in [0.15, 0.2) is 0 Å². The fourth-order valence-corrected chi connectivity index (χ4v) is 4.23. The topological polar surface area (TPSA) is 9.23 Å². The van der Waals surface area contributed by atoms with Crippen LogP contribution in [0.25, 0.3) is 0 Å². The van der Waals surface area contributed by atoms with Crippen molar-refractivity contribution in [3.8, 4) is 0 Å². The van der Waals surface area contributed by atoms with Crippen LogP contribution in [0.5, 0.6) is 0 Å². The van der Waals surface area contributed by atoms with Crippen molar-refractivity contribution in [3.63, 3.8) is 0 Å². The molecule has 0 N–H and O–H groups in total. The summed E-state index contributed by atoms with van der Waals surface area (Å²) >= 11 is 4.15. The van der Waals surface area contributed by atoms with Crippen LogP contribution in [0.1, 0.15) is 20.8 Å². The highest BCUT2D eigenvalue weighted by Crippen LogP contribution is 2.21. The van der Waals surface area contributed by atoms with Crippen molar-refractivity contribution in [1.29, 1.82) is 0 Å². The third kappa shape index (κ3) is 3.63. The Morgan fingerprint density at radius 3 is 1.82 bits per heavy atom. The minimum atomic E-state index is -1.29. The Morgan fingerprint density at radius 2 is 1.55 bits per heavy atom. The molecular formula is C8H20OSSi. The van der Waals surface area contributed by atoms with Crippen molar-refractivity contribution in [2.24, 2.45) is 0 Å². The smallest absolute Gasteiger partial charge is 0.192 e. The lowest BCUT2D eigenvalue weighted by Crippen LogP contribution is -2.36. The molecule has 1 nitrogen and oxygen atoms in total. The van der Waals surface area contributed by atoms with Crippen LogP contribution >= 0.6 is 12.6 Å². The van der Waals surface area contributed by atoms with Crippen molar-refractivity contribution < 1.29 is 4.43 Å². The van der Waals surface area contributed by atoms with Crippen molar-refractivity contribution in [2.75, 3.05) is 12.4 Å². The van der Waals surface area contributed by atoms with E-state index < -0.39 is 8.32 Å². The maximum absolute atomic E-state index is 5.89. The van der Waals surface area contributed by atoms with Gasteiger partial charge in [0.15, 0.2) is 8.32 Å². The fraction of sp³-hybridized carbons (Fsp3) is 1.00. The SMILES string of the molecule is CC[Si](CC)(CC)OCCS. The molecule has 0 saturated heterocycles. The molecule has 0 aromatic heterocycles. The Hall–Kier alpha value is 0.527. The summed E-state index contributed by atoms with van der Waals surface area (Å²) in [4.78, 5) is 0. The first-order valence-electron chi connectivity index (χ1n) is 4.49. The minimum absolute atomic E-state index is 0.838. The van der Waals surface area contributed by atoms with Crippen molar-refractivity contribution in [2.45, 2.75) is 38.9 Å². The first-order chi connectivity index (χ1) is 5.24. The molecule has 0 rings (SSSR count). The monoisotopic (exact) mass is 192 g/mol. The second-order valence-corrected chi connectivity index (χ2v) is 8.04. The molecule has 0 aromatic rings. The quantitative estimate of drug-likeness (QED) is 0.503. The van der Waals surface area contributed by atoms with E-state index in [1.807, 2.05) is 0 Å². The number of hydrogen-bond donors (Lipinski definition) is 1. The van der Waals surface area contributed by atoms with Crippen LogP contribution in [0.4, 0.5) is 0 Å². The Kier molecular flexibility index (Phi) is 6.38. The van der Waals surface area contributed by atoms with Crippen LogP contribution in [-0.4, -0.2) is 20.7 Å². The second-order valence-electron chi connectivity index (χ2n) is 2.82. The molecular weight excluding hydrogens is 172 g/mol. The Balaban J connectivity index is 3.84. The van der Waals surface area contributed by atoms with E-state index in [2.05, 4.69) is 33.4 Å². The first kappa shape index (κ1) is 11.5. The summed E-state index contributed by atoms with van der Waals surface area (Å²) in [6.45, 7) is 7.58. The van der Waals surface area contributed by atoms with Gasteiger partial charge in [-0.05, 0) is 18.1 Å². The predicted molar refractivity (Wildman–Crippen MR) is 57.0 cm³/mol. The number of hydrogen-bond acceptors (Lipinski definition) is 2. The summed E-state index contributed by atoms with van der Waals surface area (Å²) in [5, 5.41) is 0. The van der Waals surface area contributed by atoms with Gasteiger partial charge in [0.2, 0.25) is 0 Å². The predicted octanol–water partition coefficient (Wildman–Crippen LogP) is 2.94. The summed E-state index contributed by atoms with van der Waals surface area (Å²) in [5.74, 6) is 0.856. The van der Waals surface area contributed by atoms with Gasteiger partial charge in [-0.25, -0.2) is 0 Å².